The van der Waals surface area contributed by atoms with E-state index in [1.54, 1.807) is 6.07 Å². The minimum atomic E-state index is -0.447. The Hall–Kier alpha value is -3.73. The topological polar surface area (TPSA) is 90.4 Å². The van der Waals surface area contributed by atoms with E-state index in [-0.39, 0.29) is 5.92 Å². The third-order valence-electron chi connectivity index (χ3n) is 5.18. The van der Waals surface area contributed by atoms with Crippen LogP contribution in [0.3, 0.4) is 0 Å². The Balaban J connectivity index is 1.34. The van der Waals surface area contributed by atoms with E-state index >= 15 is 0 Å². The first-order chi connectivity index (χ1) is 14.1. The molecule has 1 aliphatic carbocycles. The van der Waals surface area contributed by atoms with Crippen LogP contribution in [0, 0.1) is 0 Å². The number of nitrogens with two attached hydrogens (primary N) is 2. The van der Waals surface area contributed by atoms with Gasteiger partial charge >= 0.3 is 6.09 Å². The first kappa shape index (κ1) is 18.6. The number of carbonyl (C=O) groups excluding carboxylic acids is 1. The molecular formula is C24H23N3O2. The Bertz CT molecular complexity index is 1030. The number of amides is 1. The maximum atomic E-state index is 12.1. The molecule has 29 heavy (non-hydrogen) atoms. The molecule has 0 fully saturated rings. The van der Waals surface area contributed by atoms with E-state index in [1.807, 2.05) is 48.6 Å². The molecule has 5 N–H and O–H groups in total. The number of rotatable bonds is 5. The second-order valence-electron chi connectivity index (χ2n) is 6.96. The lowest BCUT2D eigenvalue weighted by Gasteiger charge is -2.14. The second-order valence-corrected chi connectivity index (χ2v) is 6.96. The van der Waals surface area contributed by atoms with Gasteiger partial charge in [0.1, 0.15) is 6.61 Å². The van der Waals surface area contributed by atoms with Crippen LogP contribution in [0.25, 0.3) is 17.2 Å². The average molecular weight is 385 g/mol. The summed E-state index contributed by atoms with van der Waals surface area (Å²) in [5, 5.41) is 2.74. The summed E-state index contributed by atoms with van der Waals surface area (Å²) in [6.07, 6.45) is 3.19. The van der Waals surface area contributed by atoms with Gasteiger partial charge in [0.25, 0.3) is 0 Å². The van der Waals surface area contributed by atoms with E-state index in [9.17, 15) is 4.79 Å². The van der Waals surface area contributed by atoms with Gasteiger partial charge in [-0.2, -0.15) is 0 Å². The van der Waals surface area contributed by atoms with Crippen molar-refractivity contribution in [1.29, 1.82) is 0 Å². The molecule has 1 aliphatic rings. The lowest BCUT2D eigenvalue weighted by Crippen LogP contribution is -2.26. The van der Waals surface area contributed by atoms with Gasteiger partial charge < -0.3 is 21.5 Å². The van der Waals surface area contributed by atoms with E-state index in [0.717, 1.165) is 5.56 Å². The Kier molecular flexibility index (Phi) is 5.20. The van der Waals surface area contributed by atoms with Gasteiger partial charge in [-0.15, -0.1) is 0 Å². The third-order valence-corrected chi connectivity index (χ3v) is 5.18. The number of ether oxygens (including phenoxy) is 1. The second kappa shape index (κ2) is 8.10. The summed E-state index contributed by atoms with van der Waals surface area (Å²) >= 11 is 0. The van der Waals surface area contributed by atoms with Crippen LogP contribution in [0.15, 0.2) is 72.8 Å². The van der Waals surface area contributed by atoms with Crippen molar-refractivity contribution in [3.8, 4) is 11.1 Å². The van der Waals surface area contributed by atoms with E-state index < -0.39 is 6.09 Å². The summed E-state index contributed by atoms with van der Waals surface area (Å²) in [7, 11) is 0. The van der Waals surface area contributed by atoms with Gasteiger partial charge in [-0.1, -0.05) is 72.8 Å². The largest absolute Gasteiger partial charge is 0.449 e. The number of hydrogen-bond acceptors (Lipinski definition) is 4. The molecule has 3 aromatic rings. The summed E-state index contributed by atoms with van der Waals surface area (Å²) in [5.41, 5.74) is 18.4. The molecule has 3 aromatic carbocycles. The highest BCUT2D eigenvalue weighted by molar-refractivity contribution is 5.79. The van der Waals surface area contributed by atoms with Crippen LogP contribution in [0.4, 0.5) is 16.2 Å². The molecule has 0 unspecified atom stereocenters. The molecule has 0 heterocycles. The molecule has 1 amide bonds. The van der Waals surface area contributed by atoms with Crippen molar-refractivity contribution < 1.29 is 9.53 Å². The summed E-state index contributed by atoms with van der Waals surface area (Å²) in [5.74, 6) is 0.0517. The predicted molar refractivity (Wildman–Crippen MR) is 117 cm³/mol. The Labute approximate surface area is 170 Å². The monoisotopic (exact) mass is 385 g/mol. The van der Waals surface area contributed by atoms with Crippen LogP contribution in [-0.4, -0.2) is 19.2 Å². The number of benzene rings is 3. The van der Waals surface area contributed by atoms with Crippen molar-refractivity contribution in [2.45, 2.75) is 5.92 Å². The fourth-order valence-electron chi connectivity index (χ4n) is 3.72. The zero-order valence-electron chi connectivity index (χ0n) is 16.0. The van der Waals surface area contributed by atoms with Crippen LogP contribution >= 0.6 is 0 Å². The molecule has 5 nitrogen and oxygen atoms in total. The van der Waals surface area contributed by atoms with E-state index in [4.69, 9.17) is 16.2 Å². The standard InChI is InChI=1S/C24H23N3O2/c25-22-13-5-7-16(23(22)26)8-6-14-27-24(28)29-15-21-19-11-3-1-9-17(19)18-10-2-4-12-20(18)21/h1-13,21H,14-15,25-26H2,(H,27,28). The van der Waals surface area contributed by atoms with Crippen molar-refractivity contribution in [2.75, 3.05) is 24.6 Å². The molecule has 0 spiro atoms. The number of anilines is 2. The number of nitrogen functional groups attached to an aromatic ring is 2. The van der Waals surface area contributed by atoms with Gasteiger partial charge in [-0.25, -0.2) is 4.79 Å². The van der Waals surface area contributed by atoms with Crippen LogP contribution in [-0.2, 0) is 4.74 Å². The summed E-state index contributed by atoms with van der Waals surface area (Å²) < 4.78 is 5.51. The molecule has 0 radical (unpaired) electrons. The number of nitrogens with one attached hydrogen (secondary N) is 1. The van der Waals surface area contributed by atoms with Crippen LogP contribution in [0.1, 0.15) is 22.6 Å². The molecule has 0 saturated heterocycles. The highest BCUT2D eigenvalue weighted by Gasteiger charge is 2.28. The highest BCUT2D eigenvalue weighted by Crippen LogP contribution is 2.44. The van der Waals surface area contributed by atoms with Gasteiger partial charge in [0.15, 0.2) is 0 Å². The number of fused-ring (bicyclic) bond motifs is 3. The van der Waals surface area contributed by atoms with Gasteiger partial charge in [0.2, 0.25) is 0 Å². The molecule has 5 heteroatoms. The van der Waals surface area contributed by atoms with Crippen molar-refractivity contribution in [2.24, 2.45) is 0 Å². The van der Waals surface area contributed by atoms with Crippen molar-refractivity contribution >= 4 is 23.5 Å². The zero-order chi connectivity index (χ0) is 20.2. The van der Waals surface area contributed by atoms with Crippen LogP contribution < -0.4 is 16.8 Å². The molecule has 4 rings (SSSR count). The predicted octanol–water partition coefficient (Wildman–Crippen LogP) is 4.40. The smallest absolute Gasteiger partial charge is 0.407 e. The molecule has 0 aromatic heterocycles. The maximum Gasteiger partial charge on any atom is 0.407 e. The molecule has 146 valence electrons. The van der Waals surface area contributed by atoms with E-state index in [0.29, 0.717) is 24.5 Å². The SMILES string of the molecule is Nc1cccc(C=CCNC(=O)OCC2c3ccccc3-c3ccccc32)c1N. The first-order valence-corrected chi connectivity index (χ1v) is 9.54. The molecule has 0 atom stereocenters. The first-order valence-electron chi connectivity index (χ1n) is 9.54. The van der Waals surface area contributed by atoms with Gasteiger partial charge in [0.05, 0.1) is 11.4 Å². The van der Waals surface area contributed by atoms with E-state index in [2.05, 4.69) is 29.6 Å². The number of carbonyl (C=O) groups is 1. The Morgan fingerprint density at radius 2 is 1.59 bits per heavy atom. The third kappa shape index (κ3) is 3.80. The van der Waals surface area contributed by atoms with Crippen LogP contribution in [0.2, 0.25) is 0 Å². The summed E-state index contributed by atoms with van der Waals surface area (Å²) in [4.78, 5) is 12.1. The normalized spacial score (nSPS) is 12.6. The Morgan fingerprint density at radius 3 is 2.28 bits per heavy atom. The minimum absolute atomic E-state index is 0.0517. The summed E-state index contributed by atoms with van der Waals surface area (Å²) in [6.45, 7) is 0.636. The van der Waals surface area contributed by atoms with E-state index in [1.165, 1.54) is 22.3 Å². The van der Waals surface area contributed by atoms with Gasteiger partial charge in [-0.3, -0.25) is 0 Å². The van der Waals surface area contributed by atoms with Crippen molar-refractivity contribution in [1.82, 2.24) is 5.32 Å². The molecular weight excluding hydrogens is 362 g/mol. The maximum absolute atomic E-state index is 12.1. The van der Waals surface area contributed by atoms with Crippen molar-refractivity contribution in [3.05, 3.63) is 89.5 Å². The zero-order valence-corrected chi connectivity index (χ0v) is 16.0. The fourth-order valence-corrected chi connectivity index (χ4v) is 3.72. The van der Waals surface area contributed by atoms with Crippen molar-refractivity contribution in [3.63, 3.8) is 0 Å². The minimum Gasteiger partial charge on any atom is -0.449 e. The fraction of sp³-hybridized carbons (Fsp3) is 0.125. The molecule has 0 aliphatic heterocycles. The lowest BCUT2D eigenvalue weighted by molar-refractivity contribution is 0.144. The number of alkyl carbamates (subject to hydrolysis) is 1. The van der Waals surface area contributed by atoms with Crippen LogP contribution in [0.5, 0.6) is 0 Å². The van der Waals surface area contributed by atoms with Gasteiger partial charge in [0, 0.05) is 12.5 Å². The lowest BCUT2D eigenvalue weighted by atomic mass is 9.98. The molecule has 0 saturated carbocycles. The Morgan fingerprint density at radius 1 is 0.931 bits per heavy atom. The van der Waals surface area contributed by atoms with Gasteiger partial charge in [-0.05, 0) is 33.9 Å². The average Bonchev–Trinajstić information content (AvgIpc) is 3.06. The summed E-state index contributed by atoms with van der Waals surface area (Å²) in [6, 6.07) is 22.0. The highest BCUT2D eigenvalue weighted by atomic mass is 16.5. The number of hydrogen-bond donors (Lipinski definition) is 3. The molecule has 0 bridgehead atoms. The number of para-hydroxylation sites is 1. The quantitative estimate of drug-likeness (QED) is 0.568.